The molecule has 0 spiro atoms. The minimum absolute atomic E-state index is 0.111. The van der Waals surface area contributed by atoms with E-state index in [9.17, 15) is 4.39 Å². The first-order valence-corrected chi connectivity index (χ1v) is 7.63. The highest BCUT2D eigenvalue weighted by Crippen LogP contribution is 2.21. The fourth-order valence-electron chi connectivity index (χ4n) is 2.60. The van der Waals surface area contributed by atoms with Crippen molar-refractivity contribution in [2.75, 3.05) is 0 Å². The Hall–Kier alpha value is -1.38. The molecule has 0 fully saturated rings. The molecule has 0 radical (unpaired) electrons. The van der Waals surface area contributed by atoms with Crippen molar-refractivity contribution in [3.8, 4) is 0 Å². The summed E-state index contributed by atoms with van der Waals surface area (Å²) in [6, 6.07) is 12.0. The summed E-state index contributed by atoms with van der Waals surface area (Å²) in [7, 11) is 0. The molecule has 0 aliphatic carbocycles. The Bertz CT molecular complexity index is 601. The van der Waals surface area contributed by atoms with E-state index in [2.05, 4.69) is 18.3 Å². The van der Waals surface area contributed by atoms with Crippen molar-refractivity contribution in [2.45, 2.75) is 39.8 Å². The molecule has 0 aromatic heterocycles. The van der Waals surface area contributed by atoms with Crippen LogP contribution < -0.4 is 5.32 Å². The molecule has 0 amide bonds. The van der Waals surface area contributed by atoms with Crippen LogP contribution in [-0.2, 0) is 6.54 Å². The first-order valence-electron chi connectivity index (χ1n) is 7.25. The molecule has 1 nitrogen and oxygen atoms in total. The van der Waals surface area contributed by atoms with Gasteiger partial charge in [0.05, 0.1) is 0 Å². The van der Waals surface area contributed by atoms with Crippen LogP contribution in [0.2, 0.25) is 5.02 Å². The molecule has 2 rings (SSSR count). The molecule has 0 saturated carbocycles. The minimum Gasteiger partial charge on any atom is -0.306 e. The van der Waals surface area contributed by atoms with E-state index in [0.29, 0.717) is 17.7 Å². The number of rotatable bonds is 5. The summed E-state index contributed by atoms with van der Waals surface area (Å²) in [5.41, 5.74) is 3.68. The van der Waals surface area contributed by atoms with Gasteiger partial charge in [0.2, 0.25) is 0 Å². The van der Waals surface area contributed by atoms with Gasteiger partial charge in [-0.3, -0.25) is 0 Å². The van der Waals surface area contributed by atoms with Crippen molar-refractivity contribution in [1.29, 1.82) is 0 Å². The van der Waals surface area contributed by atoms with Crippen LogP contribution in [0.5, 0.6) is 0 Å². The van der Waals surface area contributed by atoms with Crippen LogP contribution in [0.1, 0.15) is 41.6 Å². The second kappa shape index (κ2) is 7.06. The highest BCUT2D eigenvalue weighted by atomic mass is 35.5. The molecule has 1 atom stereocenters. The van der Waals surface area contributed by atoms with Crippen LogP contribution in [0.15, 0.2) is 36.4 Å². The molecule has 112 valence electrons. The zero-order valence-corrected chi connectivity index (χ0v) is 13.5. The number of benzene rings is 2. The summed E-state index contributed by atoms with van der Waals surface area (Å²) in [6.07, 6.45) is 0.972. The molecule has 1 N–H and O–H groups in total. The fraction of sp³-hybridized carbons (Fsp3) is 0.333. The largest absolute Gasteiger partial charge is 0.306 e. The van der Waals surface area contributed by atoms with Gasteiger partial charge in [0, 0.05) is 17.6 Å². The van der Waals surface area contributed by atoms with E-state index < -0.39 is 0 Å². The maximum atomic E-state index is 13.7. The molecule has 0 bridgehead atoms. The normalized spacial score (nSPS) is 12.4. The van der Waals surface area contributed by atoms with Gasteiger partial charge in [0.15, 0.2) is 0 Å². The Morgan fingerprint density at radius 1 is 1.14 bits per heavy atom. The van der Waals surface area contributed by atoms with E-state index >= 15 is 0 Å². The van der Waals surface area contributed by atoms with Gasteiger partial charge in [-0.25, -0.2) is 4.39 Å². The van der Waals surface area contributed by atoms with Crippen molar-refractivity contribution in [1.82, 2.24) is 5.32 Å². The highest BCUT2D eigenvalue weighted by molar-refractivity contribution is 6.30. The summed E-state index contributed by atoms with van der Waals surface area (Å²) in [4.78, 5) is 0. The predicted molar refractivity (Wildman–Crippen MR) is 87.2 cm³/mol. The number of halogens is 2. The molecular formula is C18H21ClFN. The zero-order chi connectivity index (χ0) is 15.4. The summed E-state index contributed by atoms with van der Waals surface area (Å²) in [5, 5.41) is 4.27. The van der Waals surface area contributed by atoms with Gasteiger partial charge in [-0.05, 0) is 54.7 Å². The van der Waals surface area contributed by atoms with E-state index in [1.807, 2.05) is 30.3 Å². The monoisotopic (exact) mass is 305 g/mol. The SMILES string of the molecule is CCC(NCc1cc(C)c(F)c(C)c1)c1cccc(Cl)c1. The molecule has 0 aliphatic rings. The van der Waals surface area contributed by atoms with Crippen LogP contribution in [0.4, 0.5) is 4.39 Å². The van der Waals surface area contributed by atoms with Crippen LogP contribution >= 0.6 is 11.6 Å². The molecule has 21 heavy (non-hydrogen) atoms. The molecule has 2 aromatic rings. The fourth-order valence-corrected chi connectivity index (χ4v) is 2.80. The third kappa shape index (κ3) is 4.05. The lowest BCUT2D eigenvalue weighted by Gasteiger charge is -2.18. The molecule has 1 unspecified atom stereocenters. The quantitative estimate of drug-likeness (QED) is 0.786. The summed E-state index contributed by atoms with van der Waals surface area (Å²) < 4.78 is 13.7. The first-order chi connectivity index (χ1) is 10.0. The van der Waals surface area contributed by atoms with Crippen molar-refractivity contribution in [3.05, 3.63) is 69.5 Å². The zero-order valence-electron chi connectivity index (χ0n) is 12.7. The molecule has 0 heterocycles. The van der Waals surface area contributed by atoms with Gasteiger partial charge in [-0.1, -0.05) is 42.8 Å². The lowest BCUT2D eigenvalue weighted by Crippen LogP contribution is -2.20. The third-order valence-electron chi connectivity index (χ3n) is 3.71. The maximum absolute atomic E-state index is 13.7. The van der Waals surface area contributed by atoms with Crippen molar-refractivity contribution in [2.24, 2.45) is 0 Å². The second-order valence-corrected chi connectivity index (χ2v) is 5.88. The van der Waals surface area contributed by atoms with Gasteiger partial charge < -0.3 is 5.32 Å². The van der Waals surface area contributed by atoms with Gasteiger partial charge in [-0.15, -0.1) is 0 Å². The molecule has 3 heteroatoms. The van der Waals surface area contributed by atoms with E-state index in [0.717, 1.165) is 17.0 Å². The van der Waals surface area contributed by atoms with Crippen molar-refractivity contribution < 1.29 is 4.39 Å². The predicted octanol–water partition coefficient (Wildman–Crippen LogP) is 5.34. The van der Waals surface area contributed by atoms with E-state index in [4.69, 9.17) is 11.6 Å². The molecule has 0 saturated heterocycles. The smallest absolute Gasteiger partial charge is 0.129 e. The number of aryl methyl sites for hydroxylation is 2. The van der Waals surface area contributed by atoms with E-state index in [-0.39, 0.29) is 11.9 Å². The lowest BCUT2D eigenvalue weighted by atomic mass is 10.0. The molecule has 0 aliphatic heterocycles. The third-order valence-corrected chi connectivity index (χ3v) is 3.94. The van der Waals surface area contributed by atoms with Crippen LogP contribution in [0, 0.1) is 19.7 Å². The van der Waals surface area contributed by atoms with Gasteiger partial charge >= 0.3 is 0 Å². The number of hydrogen-bond acceptors (Lipinski definition) is 1. The highest BCUT2D eigenvalue weighted by Gasteiger charge is 2.10. The Morgan fingerprint density at radius 3 is 2.38 bits per heavy atom. The minimum atomic E-state index is -0.111. The van der Waals surface area contributed by atoms with Crippen molar-refractivity contribution >= 4 is 11.6 Å². The summed E-state index contributed by atoms with van der Waals surface area (Å²) in [6.45, 7) is 6.47. The standard InChI is InChI=1S/C18H21ClFN/c1-4-17(15-6-5-7-16(19)10-15)21-11-14-8-12(2)18(20)13(3)9-14/h5-10,17,21H,4,11H2,1-3H3. The first kappa shape index (κ1) is 16.0. The topological polar surface area (TPSA) is 12.0 Å². The lowest BCUT2D eigenvalue weighted by molar-refractivity contribution is 0.518. The van der Waals surface area contributed by atoms with Crippen molar-refractivity contribution in [3.63, 3.8) is 0 Å². The summed E-state index contributed by atoms with van der Waals surface area (Å²) >= 11 is 6.05. The summed E-state index contributed by atoms with van der Waals surface area (Å²) in [5.74, 6) is -0.111. The molecule has 2 aromatic carbocycles. The average Bonchev–Trinajstić information content (AvgIpc) is 2.45. The maximum Gasteiger partial charge on any atom is 0.129 e. The Morgan fingerprint density at radius 2 is 1.81 bits per heavy atom. The average molecular weight is 306 g/mol. The Balaban J connectivity index is 2.10. The number of nitrogens with one attached hydrogen (secondary N) is 1. The Kier molecular flexibility index (Phi) is 5.38. The number of hydrogen-bond donors (Lipinski definition) is 1. The Labute approximate surface area is 131 Å². The molecular weight excluding hydrogens is 285 g/mol. The van der Waals surface area contributed by atoms with Crippen LogP contribution in [-0.4, -0.2) is 0 Å². The van der Waals surface area contributed by atoms with E-state index in [1.54, 1.807) is 13.8 Å². The second-order valence-electron chi connectivity index (χ2n) is 5.44. The van der Waals surface area contributed by atoms with Gasteiger partial charge in [-0.2, -0.15) is 0 Å². The van der Waals surface area contributed by atoms with Crippen LogP contribution in [0.3, 0.4) is 0 Å². The van der Waals surface area contributed by atoms with Crippen LogP contribution in [0.25, 0.3) is 0 Å². The van der Waals surface area contributed by atoms with E-state index in [1.165, 1.54) is 5.56 Å². The van der Waals surface area contributed by atoms with Gasteiger partial charge in [0.25, 0.3) is 0 Å². The van der Waals surface area contributed by atoms with Gasteiger partial charge in [0.1, 0.15) is 5.82 Å².